The van der Waals surface area contributed by atoms with Crippen molar-refractivity contribution in [3.8, 4) is 11.5 Å². The first-order chi connectivity index (χ1) is 16.1. The van der Waals surface area contributed by atoms with Crippen molar-refractivity contribution in [2.75, 3.05) is 0 Å². The van der Waals surface area contributed by atoms with E-state index in [0.717, 1.165) is 0 Å². The van der Waals surface area contributed by atoms with Gasteiger partial charge in [0, 0.05) is 21.0 Å². The van der Waals surface area contributed by atoms with Gasteiger partial charge < -0.3 is 4.74 Å². The number of benzene rings is 4. The fraction of sp³-hybridized carbons (Fsp3) is 0.0769. The van der Waals surface area contributed by atoms with E-state index in [1.54, 1.807) is 109 Å². The van der Waals surface area contributed by atoms with E-state index >= 15 is 0 Å². The lowest BCUT2D eigenvalue weighted by molar-refractivity contribution is -0.517. The third-order valence-corrected chi connectivity index (χ3v) is 5.30. The zero-order valence-electron chi connectivity index (χ0n) is 17.5. The van der Waals surface area contributed by atoms with Gasteiger partial charge in [-0.15, -0.1) is 0 Å². The molecule has 0 saturated heterocycles. The third-order valence-electron chi connectivity index (χ3n) is 5.30. The van der Waals surface area contributed by atoms with E-state index in [0.29, 0.717) is 22.3 Å². The molecule has 7 heteroatoms. The van der Waals surface area contributed by atoms with Gasteiger partial charge in [0.05, 0.1) is 11.1 Å². The number of para-hydroxylation sites is 2. The molecule has 0 aliphatic rings. The maximum atomic E-state index is 12.0. The monoisotopic (exact) mass is 440 g/mol. The van der Waals surface area contributed by atoms with Gasteiger partial charge in [0.15, 0.2) is 0 Å². The third kappa shape index (κ3) is 4.72. The summed E-state index contributed by atoms with van der Waals surface area (Å²) >= 11 is 0. The average Bonchev–Trinajstić information content (AvgIpc) is 2.82. The Kier molecular flexibility index (Phi) is 6.40. The van der Waals surface area contributed by atoms with E-state index in [9.17, 15) is 20.2 Å². The van der Waals surface area contributed by atoms with E-state index in [2.05, 4.69) is 0 Å². The van der Waals surface area contributed by atoms with Crippen molar-refractivity contribution >= 4 is 0 Å². The minimum Gasteiger partial charge on any atom is -0.456 e. The molecular formula is C26H20N2O5. The molecule has 164 valence electrons. The Balaban J connectivity index is 1.78. The highest BCUT2D eigenvalue weighted by Crippen LogP contribution is 2.39. The minimum absolute atomic E-state index is 0.269. The topological polar surface area (TPSA) is 95.5 Å². The van der Waals surface area contributed by atoms with Crippen molar-refractivity contribution in [3.05, 3.63) is 152 Å². The Hall–Kier alpha value is -4.52. The van der Waals surface area contributed by atoms with Gasteiger partial charge in [-0.25, -0.2) is 0 Å². The molecule has 0 saturated carbocycles. The van der Waals surface area contributed by atoms with Crippen LogP contribution in [0.2, 0.25) is 0 Å². The van der Waals surface area contributed by atoms with E-state index in [-0.39, 0.29) is 21.3 Å². The summed E-state index contributed by atoms with van der Waals surface area (Å²) in [5.41, 5.74) is 1.75. The van der Waals surface area contributed by atoms with Gasteiger partial charge in [-0.2, -0.15) is 0 Å². The van der Waals surface area contributed by atoms with Crippen molar-refractivity contribution in [2.24, 2.45) is 0 Å². The minimum atomic E-state index is -1.14. The molecule has 0 bridgehead atoms. The Labute approximate surface area is 190 Å². The summed E-state index contributed by atoms with van der Waals surface area (Å²) < 4.78 is 6.14. The zero-order valence-corrected chi connectivity index (χ0v) is 17.5. The first-order valence-corrected chi connectivity index (χ1v) is 10.3. The highest BCUT2D eigenvalue weighted by atomic mass is 16.6. The lowest BCUT2D eigenvalue weighted by atomic mass is 9.97. The van der Waals surface area contributed by atoms with Gasteiger partial charge in [-0.3, -0.25) is 20.2 Å². The van der Waals surface area contributed by atoms with Crippen LogP contribution in [-0.4, -0.2) is 9.85 Å². The van der Waals surface area contributed by atoms with Crippen LogP contribution in [0.3, 0.4) is 0 Å². The van der Waals surface area contributed by atoms with Crippen molar-refractivity contribution < 1.29 is 14.6 Å². The second-order valence-corrected chi connectivity index (χ2v) is 7.37. The van der Waals surface area contributed by atoms with Gasteiger partial charge in [-0.1, -0.05) is 84.9 Å². The van der Waals surface area contributed by atoms with Crippen LogP contribution in [0, 0.1) is 20.2 Å². The van der Waals surface area contributed by atoms with Crippen LogP contribution in [0.4, 0.5) is 0 Å². The van der Waals surface area contributed by atoms with Crippen LogP contribution < -0.4 is 4.74 Å². The van der Waals surface area contributed by atoms with Crippen LogP contribution in [0.25, 0.3) is 0 Å². The summed E-state index contributed by atoms with van der Waals surface area (Å²) in [5.74, 6) is 0.538. The molecule has 0 heterocycles. The van der Waals surface area contributed by atoms with Gasteiger partial charge in [0.25, 0.3) is 12.1 Å². The van der Waals surface area contributed by atoms with E-state index in [1.807, 2.05) is 0 Å². The smallest absolute Gasteiger partial charge is 0.266 e. The molecule has 4 rings (SSSR count). The summed E-state index contributed by atoms with van der Waals surface area (Å²) in [6.45, 7) is 0. The molecule has 0 aliphatic carbocycles. The molecule has 0 amide bonds. The normalized spacial score (nSPS) is 12.5. The Morgan fingerprint density at radius 3 is 1.21 bits per heavy atom. The van der Waals surface area contributed by atoms with Crippen molar-refractivity contribution in [1.29, 1.82) is 0 Å². The summed E-state index contributed by atoms with van der Waals surface area (Å²) in [6, 6.07) is 28.4. The highest BCUT2D eigenvalue weighted by Gasteiger charge is 2.31. The maximum absolute atomic E-state index is 12.0. The number of nitro groups is 2. The fourth-order valence-electron chi connectivity index (χ4n) is 3.82. The molecule has 0 spiro atoms. The molecular weight excluding hydrogens is 420 g/mol. The number of rotatable bonds is 8. The quantitative estimate of drug-likeness (QED) is 0.240. The number of hydrogen-bond acceptors (Lipinski definition) is 5. The summed E-state index contributed by atoms with van der Waals surface area (Å²) in [7, 11) is 0. The van der Waals surface area contributed by atoms with E-state index < -0.39 is 12.1 Å². The average molecular weight is 440 g/mol. The summed E-state index contributed by atoms with van der Waals surface area (Å²) in [5, 5.41) is 24.0. The number of ether oxygens (including phenoxy) is 1. The van der Waals surface area contributed by atoms with Crippen molar-refractivity contribution in [2.45, 2.75) is 12.1 Å². The second kappa shape index (κ2) is 9.74. The standard InChI is InChI=1S/C26H20N2O5/c29-27(30)25(19-11-3-1-4-12-19)21-15-7-9-17-23(21)33-24-18-10-8-16-22(24)26(28(31)32)20-13-5-2-6-14-20/h1-18,25-26H. The number of nitrogens with zero attached hydrogens (tertiary/aromatic N) is 2. The maximum Gasteiger partial charge on any atom is 0.266 e. The van der Waals surface area contributed by atoms with Gasteiger partial charge >= 0.3 is 0 Å². The van der Waals surface area contributed by atoms with Crippen LogP contribution in [0.5, 0.6) is 11.5 Å². The van der Waals surface area contributed by atoms with Crippen molar-refractivity contribution in [1.82, 2.24) is 0 Å². The molecule has 4 aromatic rings. The van der Waals surface area contributed by atoms with Gasteiger partial charge in [-0.05, 0) is 24.3 Å². The van der Waals surface area contributed by atoms with Gasteiger partial charge in [0.2, 0.25) is 0 Å². The molecule has 0 fully saturated rings. The molecule has 0 N–H and O–H groups in total. The molecule has 0 aliphatic heterocycles. The molecule has 2 atom stereocenters. The Bertz CT molecular complexity index is 1160. The predicted octanol–water partition coefficient (Wildman–Crippen LogP) is 6.21. The number of hydrogen-bond donors (Lipinski definition) is 0. The molecule has 4 aromatic carbocycles. The lowest BCUT2D eigenvalue weighted by Gasteiger charge is -2.18. The lowest BCUT2D eigenvalue weighted by Crippen LogP contribution is -2.14. The highest BCUT2D eigenvalue weighted by molar-refractivity contribution is 5.47. The first kappa shape index (κ1) is 21.7. The molecule has 2 unspecified atom stereocenters. The van der Waals surface area contributed by atoms with Gasteiger partial charge in [0.1, 0.15) is 11.5 Å². The van der Waals surface area contributed by atoms with E-state index in [1.165, 1.54) is 0 Å². The van der Waals surface area contributed by atoms with Crippen LogP contribution in [0.15, 0.2) is 109 Å². The molecule has 7 nitrogen and oxygen atoms in total. The zero-order chi connectivity index (χ0) is 23.2. The first-order valence-electron chi connectivity index (χ1n) is 10.3. The van der Waals surface area contributed by atoms with Crippen LogP contribution in [-0.2, 0) is 0 Å². The van der Waals surface area contributed by atoms with Crippen molar-refractivity contribution in [3.63, 3.8) is 0 Å². The SMILES string of the molecule is O=[N+]([O-])C(c1ccccc1)c1ccccc1Oc1ccccc1C(c1ccccc1)[N+](=O)[O-]. The van der Waals surface area contributed by atoms with E-state index in [4.69, 9.17) is 4.74 Å². The Morgan fingerprint density at radius 2 is 0.848 bits per heavy atom. The van der Waals surface area contributed by atoms with Crippen LogP contribution >= 0.6 is 0 Å². The largest absolute Gasteiger partial charge is 0.456 e. The Morgan fingerprint density at radius 1 is 0.515 bits per heavy atom. The summed E-state index contributed by atoms with van der Waals surface area (Å²) in [4.78, 5) is 23.3. The molecule has 0 radical (unpaired) electrons. The molecule has 0 aromatic heterocycles. The fourth-order valence-corrected chi connectivity index (χ4v) is 3.82. The predicted molar refractivity (Wildman–Crippen MR) is 124 cm³/mol. The summed E-state index contributed by atoms with van der Waals surface area (Å²) in [6.07, 6.45) is 0. The second-order valence-electron chi connectivity index (χ2n) is 7.37. The molecule has 33 heavy (non-hydrogen) atoms. The van der Waals surface area contributed by atoms with Crippen LogP contribution in [0.1, 0.15) is 34.3 Å².